The summed E-state index contributed by atoms with van der Waals surface area (Å²) in [6, 6.07) is 11.7. The fourth-order valence-corrected chi connectivity index (χ4v) is 4.59. The number of anilines is 1. The van der Waals surface area contributed by atoms with Crippen LogP contribution in [0.15, 0.2) is 51.6 Å². The first-order chi connectivity index (χ1) is 17.8. The summed E-state index contributed by atoms with van der Waals surface area (Å²) in [6.45, 7) is 9.37. The summed E-state index contributed by atoms with van der Waals surface area (Å²) >= 11 is 0. The van der Waals surface area contributed by atoms with Gasteiger partial charge in [0.15, 0.2) is 23.0 Å². The fourth-order valence-electron chi connectivity index (χ4n) is 4.59. The Morgan fingerprint density at radius 1 is 1.08 bits per heavy atom. The van der Waals surface area contributed by atoms with Gasteiger partial charge in [0.1, 0.15) is 12.4 Å². The number of nitrogen functional groups attached to an aromatic ring is 1. The molecule has 4 heterocycles. The van der Waals surface area contributed by atoms with E-state index >= 15 is 0 Å². The minimum absolute atomic E-state index is 0.0356. The topological polar surface area (TPSA) is 133 Å². The van der Waals surface area contributed by atoms with Crippen LogP contribution in [0.5, 0.6) is 5.75 Å². The molecule has 0 bridgehead atoms. The van der Waals surface area contributed by atoms with Crippen LogP contribution in [0.2, 0.25) is 0 Å². The summed E-state index contributed by atoms with van der Waals surface area (Å²) in [7, 11) is 0. The van der Waals surface area contributed by atoms with E-state index in [1.807, 2.05) is 49.1 Å². The highest BCUT2D eigenvalue weighted by Crippen LogP contribution is 2.31. The SMILES string of the molecule is Cc1cc(-c2onc(C)c2COc2cc(-c3ccc(C(=O)N4CC(C)NC(C)C4)cc3)cnc2N)no1. The first-order valence-corrected chi connectivity index (χ1v) is 12.2. The van der Waals surface area contributed by atoms with Crippen LogP contribution < -0.4 is 15.8 Å². The Morgan fingerprint density at radius 3 is 2.49 bits per heavy atom. The summed E-state index contributed by atoms with van der Waals surface area (Å²) in [5.41, 5.74) is 10.5. The van der Waals surface area contributed by atoms with Crippen molar-refractivity contribution in [3.05, 3.63) is 65.2 Å². The molecule has 2 unspecified atom stereocenters. The monoisotopic (exact) mass is 502 g/mol. The van der Waals surface area contributed by atoms with Crippen LogP contribution in [0.25, 0.3) is 22.6 Å². The number of rotatable bonds is 6. The average Bonchev–Trinajstić information content (AvgIpc) is 3.47. The molecule has 5 rings (SSSR count). The van der Waals surface area contributed by atoms with Crippen molar-refractivity contribution in [1.29, 1.82) is 0 Å². The van der Waals surface area contributed by atoms with Gasteiger partial charge in [-0.05, 0) is 51.5 Å². The van der Waals surface area contributed by atoms with Crippen LogP contribution in [0.1, 0.15) is 41.2 Å². The molecule has 2 atom stereocenters. The van der Waals surface area contributed by atoms with Crippen molar-refractivity contribution in [3.63, 3.8) is 0 Å². The number of pyridine rings is 1. The lowest BCUT2D eigenvalue weighted by Crippen LogP contribution is -2.55. The molecule has 1 aliphatic heterocycles. The standard InChI is InChI=1S/C27H30N6O4/c1-15-12-33(13-16(2)30-15)27(34)20-7-5-19(6-8-20)21-10-24(26(28)29-11-21)35-14-22-18(4)31-37-25(22)23-9-17(3)36-32-23/h5-11,15-16,30H,12-14H2,1-4H3,(H2,28,29). The quantitative estimate of drug-likeness (QED) is 0.401. The lowest BCUT2D eigenvalue weighted by Gasteiger charge is -2.36. The Bertz CT molecular complexity index is 1400. The summed E-state index contributed by atoms with van der Waals surface area (Å²) in [5, 5.41) is 11.5. The highest BCUT2D eigenvalue weighted by molar-refractivity contribution is 5.95. The number of carbonyl (C=O) groups is 1. The first-order valence-electron chi connectivity index (χ1n) is 12.2. The molecule has 1 amide bonds. The Labute approximate surface area is 214 Å². The second-order valence-corrected chi connectivity index (χ2v) is 9.55. The third-order valence-electron chi connectivity index (χ3n) is 6.41. The maximum Gasteiger partial charge on any atom is 0.253 e. The third kappa shape index (κ3) is 5.19. The van der Waals surface area contributed by atoms with E-state index in [4.69, 9.17) is 19.5 Å². The smallest absolute Gasteiger partial charge is 0.253 e. The van der Waals surface area contributed by atoms with Crippen molar-refractivity contribution in [2.24, 2.45) is 0 Å². The number of hydrogen-bond acceptors (Lipinski definition) is 9. The maximum absolute atomic E-state index is 13.0. The zero-order valence-corrected chi connectivity index (χ0v) is 21.3. The second-order valence-electron chi connectivity index (χ2n) is 9.55. The Morgan fingerprint density at radius 2 is 1.81 bits per heavy atom. The maximum atomic E-state index is 13.0. The number of hydrogen-bond donors (Lipinski definition) is 2. The minimum atomic E-state index is 0.0356. The molecule has 0 spiro atoms. The van der Waals surface area contributed by atoms with Crippen LogP contribution in [0.3, 0.4) is 0 Å². The van der Waals surface area contributed by atoms with Gasteiger partial charge in [-0.1, -0.05) is 22.4 Å². The number of nitrogens with one attached hydrogen (secondary N) is 1. The van der Waals surface area contributed by atoms with Crippen LogP contribution in [-0.2, 0) is 6.61 Å². The van der Waals surface area contributed by atoms with Gasteiger partial charge in [0, 0.05) is 48.6 Å². The van der Waals surface area contributed by atoms with Crippen molar-refractivity contribution < 1.29 is 18.6 Å². The summed E-state index contributed by atoms with van der Waals surface area (Å²) in [5.74, 6) is 1.90. The van der Waals surface area contributed by atoms with Gasteiger partial charge < -0.3 is 29.7 Å². The van der Waals surface area contributed by atoms with Gasteiger partial charge in [-0.2, -0.15) is 0 Å². The van der Waals surface area contributed by atoms with Crippen LogP contribution in [0.4, 0.5) is 5.82 Å². The molecule has 1 saturated heterocycles. The van der Waals surface area contributed by atoms with E-state index in [0.717, 1.165) is 16.7 Å². The van der Waals surface area contributed by atoms with E-state index in [0.29, 0.717) is 47.3 Å². The van der Waals surface area contributed by atoms with Crippen molar-refractivity contribution in [1.82, 2.24) is 25.5 Å². The Hall–Kier alpha value is -4.18. The predicted molar refractivity (Wildman–Crippen MR) is 138 cm³/mol. The first kappa shape index (κ1) is 24.5. The lowest BCUT2D eigenvalue weighted by atomic mass is 10.0. The van der Waals surface area contributed by atoms with Crippen LogP contribution in [0, 0.1) is 13.8 Å². The number of amides is 1. The average molecular weight is 503 g/mol. The van der Waals surface area contributed by atoms with E-state index < -0.39 is 0 Å². The second kappa shape index (κ2) is 10.1. The van der Waals surface area contributed by atoms with Gasteiger partial charge in [0.25, 0.3) is 5.91 Å². The zero-order chi connectivity index (χ0) is 26.1. The molecular weight excluding hydrogens is 472 g/mol. The molecule has 4 aromatic rings. The summed E-state index contributed by atoms with van der Waals surface area (Å²) in [4.78, 5) is 19.2. The largest absolute Gasteiger partial charge is 0.485 e. The molecule has 1 fully saturated rings. The lowest BCUT2D eigenvalue weighted by molar-refractivity contribution is 0.0674. The molecule has 3 N–H and O–H groups in total. The van der Waals surface area contributed by atoms with Gasteiger partial charge in [-0.25, -0.2) is 4.98 Å². The van der Waals surface area contributed by atoms with Gasteiger partial charge in [0.05, 0.1) is 11.3 Å². The van der Waals surface area contributed by atoms with Crippen molar-refractivity contribution >= 4 is 11.7 Å². The van der Waals surface area contributed by atoms with Crippen molar-refractivity contribution in [3.8, 4) is 28.3 Å². The molecule has 0 radical (unpaired) electrons. The van der Waals surface area contributed by atoms with Crippen molar-refractivity contribution in [2.75, 3.05) is 18.8 Å². The van der Waals surface area contributed by atoms with Gasteiger partial charge in [-0.3, -0.25) is 4.79 Å². The van der Waals surface area contributed by atoms with E-state index in [1.54, 1.807) is 12.3 Å². The molecule has 192 valence electrons. The van der Waals surface area contributed by atoms with Gasteiger partial charge in [-0.15, -0.1) is 0 Å². The number of carbonyl (C=O) groups excluding carboxylic acids is 1. The van der Waals surface area contributed by atoms with E-state index in [1.165, 1.54) is 0 Å². The molecule has 10 nitrogen and oxygen atoms in total. The van der Waals surface area contributed by atoms with E-state index in [-0.39, 0.29) is 30.4 Å². The number of piperazine rings is 1. The molecule has 0 aliphatic carbocycles. The molecular formula is C27H30N6O4. The Balaban J connectivity index is 1.32. The number of aryl methyl sites for hydroxylation is 2. The van der Waals surface area contributed by atoms with Gasteiger partial charge in [0.2, 0.25) is 0 Å². The molecule has 1 aliphatic rings. The number of ether oxygens (including phenoxy) is 1. The van der Waals surface area contributed by atoms with Gasteiger partial charge >= 0.3 is 0 Å². The third-order valence-corrected chi connectivity index (χ3v) is 6.41. The number of benzene rings is 1. The molecule has 37 heavy (non-hydrogen) atoms. The molecule has 1 aromatic carbocycles. The van der Waals surface area contributed by atoms with Crippen LogP contribution in [-0.4, -0.2) is 51.3 Å². The van der Waals surface area contributed by atoms with Crippen LogP contribution >= 0.6 is 0 Å². The van der Waals surface area contributed by atoms with E-state index in [9.17, 15) is 4.79 Å². The number of nitrogens with two attached hydrogens (primary N) is 1. The highest BCUT2D eigenvalue weighted by atomic mass is 16.5. The normalized spacial score (nSPS) is 17.7. The van der Waals surface area contributed by atoms with E-state index in [2.05, 4.69) is 34.5 Å². The summed E-state index contributed by atoms with van der Waals surface area (Å²) < 4.78 is 16.7. The Kier molecular flexibility index (Phi) is 6.66. The minimum Gasteiger partial charge on any atom is -0.485 e. The molecule has 10 heteroatoms. The number of aromatic nitrogens is 3. The number of nitrogens with zero attached hydrogens (tertiary/aromatic N) is 4. The summed E-state index contributed by atoms with van der Waals surface area (Å²) in [6.07, 6.45) is 1.69. The van der Waals surface area contributed by atoms with Crippen molar-refractivity contribution in [2.45, 2.75) is 46.4 Å². The zero-order valence-electron chi connectivity index (χ0n) is 21.3. The predicted octanol–water partition coefficient (Wildman–Crippen LogP) is 3.99. The molecule has 0 saturated carbocycles. The fraction of sp³-hybridized carbons (Fsp3) is 0.333. The molecule has 3 aromatic heterocycles. The highest BCUT2D eigenvalue weighted by Gasteiger charge is 2.25.